The van der Waals surface area contributed by atoms with Crippen LogP contribution in [-0.4, -0.2) is 132 Å². The number of ether oxygens (including phenoxy) is 7. The molecule has 0 aliphatic rings. The first-order valence-electron chi connectivity index (χ1n) is 11.0. The minimum atomic E-state index is -0.773. The summed E-state index contributed by atoms with van der Waals surface area (Å²) in [6.45, 7) is 0.235. The predicted octanol–water partition coefficient (Wildman–Crippen LogP) is 0.586. The lowest BCUT2D eigenvalue weighted by Gasteiger charge is -2.03. The molecular weight excluding hydrogens is 683 g/mol. The van der Waals surface area contributed by atoms with Crippen molar-refractivity contribution < 1.29 is 66.7 Å². The van der Waals surface area contributed by atoms with E-state index in [1.165, 1.54) is 78.0 Å². The quantitative estimate of drug-likeness (QED) is 0.109. The second-order valence-corrected chi connectivity index (χ2v) is 5.48. The van der Waals surface area contributed by atoms with E-state index in [-0.39, 0.29) is 13.3 Å². The second kappa shape index (κ2) is 67.7. The Morgan fingerprint density at radius 2 is 0.622 bits per heavy atom. The van der Waals surface area contributed by atoms with Crippen molar-refractivity contribution >= 4 is 75.5 Å². The smallest absolute Gasteiger partial charge is 0.408 e. The van der Waals surface area contributed by atoms with Gasteiger partial charge in [-0.15, -0.1) is 0 Å². The van der Waals surface area contributed by atoms with Crippen molar-refractivity contribution in [2.45, 2.75) is 0 Å². The molecule has 0 unspecified atom stereocenters. The molecule has 0 radical (unpaired) electrons. The van der Waals surface area contributed by atoms with Gasteiger partial charge in [0.1, 0.15) is 0 Å². The van der Waals surface area contributed by atoms with Gasteiger partial charge in [-0.2, -0.15) is 0 Å². The molecule has 0 aromatic rings. The molecule has 0 bridgehead atoms. The van der Waals surface area contributed by atoms with Crippen molar-refractivity contribution in [1.82, 2.24) is 21.3 Å². The van der Waals surface area contributed by atoms with Crippen LogP contribution in [0.4, 0.5) is 33.6 Å². The highest BCUT2D eigenvalue weighted by Gasteiger charge is 1.99. The number of rotatable bonds is 2. The third-order valence-corrected chi connectivity index (χ3v) is 2.56. The maximum atomic E-state index is 10.4. The van der Waals surface area contributed by atoms with Crippen LogP contribution in [0, 0.1) is 0 Å². The highest BCUT2D eigenvalue weighted by atomic mass is 35.5. The van der Waals surface area contributed by atoms with Crippen LogP contribution in [0.25, 0.3) is 0 Å². The van der Waals surface area contributed by atoms with Gasteiger partial charge in [0.25, 0.3) is 0 Å². The van der Waals surface area contributed by atoms with Crippen molar-refractivity contribution in [2.24, 2.45) is 22.9 Å². The van der Waals surface area contributed by atoms with E-state index in [9.17, 15) is 33.6 Å². The molecule has 12 N–H and O–H groups in total. The fraction of sp³-hybridized carbons (Fsp3) is 0.650. The molecule has 0 heterocycles. The van der Waals surface area contributed by atoms with Crippen LogP contribution in [0.2, 0.25) is 0 Å². The van der Waals surface area contributed by atoms with E-state index in [4.69, 9.17) is 0 Å². The van der Waals surface area contributed by atoms with E-state index < -0.39 is 40.7 Å². The lowest BCUT2D eigenvalue weighted by Crippen LogP contribution is -2.36. The van der Waals surface area contributed by atoms with Crippen molar-refractivity contribution in [3.63, 3.8) is 0 Å². The minimum absolute atomic E-state index is 0.0145. The Balaban J connectivity index is -0.0000000486. The molecule has 0 rings (SSSR count). The van der Waals surface area contributed by atoms with E-state index >= 15 is 0 Å². The summed E-state index contributed by atoms with van der Waals surface area (Å²) in [5, 5.41) is 8.96. The molecule has 0 saturated heterocycles. The Morgan fingerprint density at radius 3 is 0.689 bits per heavy atom. The topological polar surface area (TPSA) is 336 Å². The van der Waals surface area contributed by atoms with Gasteiger partial charge < -0.3 is 77.4 Å². The number of nitrogens with one attached hydrogen (secondary N) is 4. The van der Waals surface area contributed by atoms with Gasteiger partial charge in [-0.05, 0) is 14.1 Å². The maximum Gasteiger partial charge on any atom is 0.408 e. The average Bonchev–Trinajstić information content (AvgIpc) is 3.07. The summed E-state index contributed by atoms with van der Waals surface area (Å²) in [5.41, 5.74) is 15.9. The molecule has 4 amide bonds. The molecule has 274 valence electrons. The Hall–Kier alpha value is -3.80. The predicted molar refractivity (Wildman–Crippen MR) is 167 cm³/mol. The van der Waals surface area contributed by atoms with E-state index in [1.807, 2.05) is 0 Å². The second-order valence-electron chi connectivity index (χ2n) is 4.56. The van der Waals surface area contributed by atoms with E-state index in [2.05, 4.69) is 112 Å². The summed E-state index contributed by atoms with van der Waals surface area (Å²) in [6, 6.07) is 0. The molecule has 45 heavy (non-hydrogen) atoms. The van der Waals surface area contributed by atoms with Crippen molar-refractivity contribution in [1.29, 1.82) is 0 Å². The number of carbonyl (C=O) groups excluding carboxylic acids is 7. The summed E-state index contributed by atoms with van der Waals surface area (Å²) in [5.74, 6) is 0. The first-order chi connectivity index (χ1) is 21.0. The van der Waals surface area contributed by atoms with Gasteiger partial charge in [-0.25, -0.2) is 33.6 Å². The number of alkyl carbamates (subject to hydrolysis) is 4. The molecular formula is C20H49Cl3N8O14. The lowest BCUT2D eigenvalue weighted by molar-refractivity contribution is 0.162. The van der Waals surface area contributed by atoms with Crippen LogP contribution in [0.1, 0.15) is 0 Å². The Kier molecular flexibility index (Phi) is 96.7. The van der Waals surface area contributed by atoms with Gasteiger partial charge >= 0.3 is 40.7 Å². The monoisotopic (exact) mass is 730 g/mol. The van der Waals surface area contributed by atoms with E-state index in [1.54, 1.807) is 0 Å². The summed E-state index contributed by atoms with van der Waals surface area (Å²) in [4.78, 5) is 68.5. The van der Waals surface area contributed by atoms with Gasteiger partial charge in [0, 0.05) is 55.6 Å². The molecule has 0 aromatic heterocycles. The van der Waals surface area contributed by atoms with Crippen LogP contribution < -0.4 is 44.2 Å². The highest BCUT2D eigenvalue weighted by molar-refractivity contribution is 6.61. The van der Waals surface area contributed by atoms with Crippen LogP contribution >= 0.6 is 34.8 Å². The van der Waals surface area contributed by atoms with Crippen LogP contribution in [0.15, 0.2) is 0 Å². The molecule has 25 heteroatoms. The number of methoxy groups -OCH3 is 7. The summed E-state index contributed by atoms with van der Waals surface area (Å²) in [7, 11) is 14.8. The molecule has 0 saturated carbocycles. The average molecular weight is 732 g/mol. The van der Waals surface area contributed by atoms with Crippen molar-refractivity contribution in [3.8, 4) is 0 Å². The summed E-state index contributed by atoms with van der Waals surface area (Å²) >= 11 is 13.8. The molecule has 0 fully saturated rings. The van der Waals surface area contributed by atoms with Crippen LogP contribution in [0.3, 0.4) is 0 Å². The maximum absolute atomic E-state index is 10.4. The van der Waals surface area contributed by atoms with Crippen molar-refractivity contribution in [2.75, 3.05) is 91.3 Å². The SMILES string of the molecule is CN.CN.CNC(=O)OC.CNC(=O)OC.COC(=O)Cl.COC(=O)Cl.COC(=O)Cl.COC(=O)NCNC(=O)OC.NCN. The highest BCUT2D eigenvalue weighted by Crippen LogP contribution is 1.79. The largest absolute Gasteiger partial charge is 0.457 e. The first kappa shape index (κ1) is 64.2. The van der Waals surface area contributed by atoms with Gasteiger partial charge in [0.15, 0.2) is 0 Å². The fourth-order valence-corrected chi connectivity index (χ4v) is 0.537. The molecule has 0 atom stereocenters. The molecule has 0 aliphatic heterocycles. The number of halogens is 3. The zero-order valence-corrected chi connectivity index (χ0v) is 29.3. The van der Waals surface area contributed by atoms with Crippen molar-refractivity contribution in [3.05, 3.63) is 0 Å². The number of hydrogen-bond acceptors (Lipinski definition) is 18. The Labute approximate surface area is 277 Å². The Bertz CT molecular complexity index is 609. The lowest BCUT2D eigenvalue weighted by atomic mass is 10.9. The zero-order chi connectivity index (χ0) is 38.2. The normalized spacial score (nSPS) is 6.80. The van der Waals surface area contributed by atoms with Crippen LogP contribution in [-0.2, 0) is 33.2 Å². The van der Waals surface area contributed by atoms with Crippen LogP contribution in [0.5, 0.6) is 0 Å². The van der Waals surface area contributed by atoms with Gasteiger partial charge in [0.2, 0.25) is 0 Å². The standard InChI is InChI=1S/C5H10N2O4.2C3H7NO2.3C2H3ClO2.CH6N2.2CH5N/c1-10-4(8)6-3-7-5(9)11-2;2*1-4-3(5)6-2;3*1-5-2(3)4;2-1-3;2*1-2/h3H2,1-2H3,(H,6,8)(H,7,9);2*1-2H3,(H,4,5);3*1H3;1-3H2;2*2H2,1H3. The fourth-order valence-electron chi connectivity index (χ4n) is 0.537. The van der Waals surface area contributed by atoms with E-state index in [0.717, 1.165) is 0 Å². The Morgan fingerprint density at radius 1 is 0.467 bits per heavy atom. The van der Waals surface area contributed by atoms with Gasteiger partial charge in [-0.1, -0.05) is 0 Å². The molecule has 22 nitrogen and oxygen atoms in total. The molecule has 0 aliphatic carbocycles. The minimum Gasteiger partial charge on any atom is -0.457 e. The first-order valence-corrected chi connectivity index (χ1v) is 12.1. The van der Waals surface area contributed by atoms with E-state index in [0.29, 0.717) is 0 Å². The summed E-state index contributed by atoms with van der Waals surface area (Å²) in [6.07, 6.45) is -2.03. The van der Waals surface area contributed by atoms with Gasteiger partial charge in [-0.3, -0.25) is 0 Å². The number of carbonyl (C=O) groups is 7. The molecule has 0 aromatic carbocycles. The molecule has 0 spiro atoms. The van der Waals surface area contributed by atoms with Gasteiger partial charge in [0.05, 0.1) is 56.4 Å². The summed E-state index contributed by atoms with van der Waals surface area (Å²) < 4.78 is 28.4. The third-order valence-electron chi connectivity index (χ3n) is 2.10. The third kappa shape index (κ3) is 144. The zero-order valence-electron chi connectivity index (χ0n) is 27.1. The number of nitrogens with two attached hydrogens (primary N) is 4. The number of amides is 4. The number of hydrogen-bond donors (Lipinski definition) is 8.